The number of aryl methyl sites for hydroxylation is 2. The van der Waals surface area contributed by atoms with Crippen LogP contribution in [0, 0.1) is 20.8 Å². The summed E-state index contributed by atoms with van der Waals surface area (Å²) in [4.78, 5) is 25.2. The third kappa shape index (κ3) is 10.4. The number of nitrogens with one attached hydrogen (secondary N) is 1. The maximum atomic E-state index is 12.5. The van der Waals surface area contributed by atoms with Gasteiger partial charge in [-0.05, 0) is 101 Å². The molecule has 0 saturated carbocycles. The topological polar surface area (TPSA) is 138 Å². The van der Waals surface area contributed by atoms with Gasteiger partial charge in [0.05, 0.1) is 12.0 Å². The molecule has 0 aliphatic rings. The molecule has 0 aliphatic carbocycles. The lowest BCUT2D eigenvalue weighted by Crippen LogP contribution is -2.23. The van der Waals surface area contributed by atoms with E-state index in [0.29, 0.717) is 23.8 Å². The average molecular weight is 762 g/mol. The second-order valence-electron chi connectivity index (χ2n) is 10.7. The molecule has 0 unspecified atom stereocenters. The quantitative estimate of drug-likeness (QED) is 0.0793. The molecule has 0 bridgehead atoms. The number of halogens is 1. The molecule has 2 heterocycles. The number of carbonyl (C=O) groups excluding carboxylic acids is 1. The van der Waals surface area contributed by atoms with Gasteiger partial charge < -0.3 is 19.0 Å². The molecule has 2 aromatic heterocycles. The van der Waals surface area contributed by atoms with Crippen molar-refractivity contribution in [1.82, 2.24) is 14.7 Å². The van der Waals surface area contributed by atoms with Gasteiger partial charge >= 0.3 is 5.97 Å². The molecule has 5 rings (SSSR count). The molecular formula is C37H37BrN4O7S. The second kappa shape index (κ2) is 18.0. The Hall–Kier alpha value is -5.11. The highest BCUT2D eigenvalue weighted by atomic mass is 79.9. The lowest BCUT2D eigenvalue weighted by molar-refractivity contribution is -0.132. The van der Waals surface area contributed by atoms with Gasteiger partial charge in [0.2, 0.25) is 15.9 Å². The van der Waals surface area contributed by atoms with Crippen molar-refractivity contribution >= 4 is 37.6 Å². The SMILES string of the molecule is CO/N=C(/C(=O)OC)c1ccccc1COc1ccccc1C.Cc1nccc(CNS(=O)(=O)c2ccc(Oc3ccc(Br)cn3)cc2)c1C. The molecule has 0 aliphatic heterocycles. The van der Waals surface area contributed by atoms with Gasteiger partial charge in [-0.15, -0.1) is 0 Å². The van der Waals surface area contributed by atoms with Crippen molar-refractivity contribution in [2.75, 3.05) is 14.2 Å². The lowest BCUT2D eigenvalue weighted by Gasteiger charge is -2.12. The number of hydrogen-bond acceptors (Lipinski definition) is 10. The number of aromatic nitrogens is 2. The standard InChI is InChI=1S/C19H18BrN3O3S.C18H19NO4/c1-13-14(2)21-10-9-15(13)11-23-27(24,25)18-6-4-17(5-7-18)26-19-8-3-16(20)12-22-19;1-13-8-4-7-11-16(13)23-12-14-9-5-6-10-15(14)17(19-22-3)18(20)21-2/h3-10,12,23H,11H2,1-2H3;4-11H,12H2,1-3H3/b;19-17+. The first-order valence-corrected chi connectivity index (χ1v) is 17.6. The molecule has 3 aromatic carbocycles. The van der Waals surface area contributed by atoms with E-state index < -0.39 is 16.0 Å². The summed E-state index contributed by atoms with van der Waals surface area (Å²) in [5.74, 6) is 1.17. The first-order chi connectivity index (χ1) is 24.0. The average Bonchev–Trinajstić information content (AvgIpc) is 3.12. The lowest BCUT2D eigenvalue weighted by atomic mass is 10.0. The highest BCUT2D eigenvalue weighted by molar-refractivity contribution is 9.10. The van der Waals surface area contributed by atoms with Crippen LogP contribution in [0.4, 0.5) is 0 Å². The van der Waals surface area contributed by atoms with Crippen LogP contribution in [0.5, 0.6) is 17.4 Å². The number of esters is 1. The maximum absolute atomic E-state index is 12.5. The predicted molar refractivity (Wildman–Crippen MR) is 194 cm³/mol. The van der Waals surface area contributed by atoms with Crippen LogP contribution >= 0.6 is 15.9 Å². The number of nitrogens with zero attached hydrogens (tertiary/aromatic N) is 3. The van der Waals surface area contributed by atoms with Crippen molar-refractivity contribution in [2.24, 2.45) is 5.16 Å². The number of benzene rings is 3. The summed E-state index contributed by atoms with van der Waals surface area (Å²) in [6, 6.07) is 26.7. The summed E-state index contributed by atoms with van der Waals surface area (Å²) < 4.78 is 44.7. The Labute approximate surface area is 300 Å². The number of carbonyl (C=O) groups is 1. The highest BCUT2D eigenvalue weighted by Gasteiger charge is 2.19. The van der Waals surface area contributed by atoms with E-state index in [0.717, 1.165) is 38.2 Å². The van der Waals surface area contributed by atoms with Crippen LogP contribution in [0.2, 0.25) is 0 Å². The van der Waals surface area contributed by atoms with Crippen LogP contribution in [-0.2, 0) is 37.5 Å². The van der Waals surface area contributed by atoms with Gasteiger partial charge in [-0.3, -0.25) is 4.98 Å². The van der Waals surface area contributed by atoms with Crippen LogP contribution in [0.15, 0.2) is 118 Å². The summed E-state index contributed by atoms with van der Waals surface area (Å²) in [6.45, 7) is 6.31. The van der Waals surface area contributed by atoms with Crippen molar-refractivity contribution in [2.45, 2.75) is 38.8 Å². The van der Waals surface area contributed by atoms with Gasteiger partial charge in [0, 0.05) is 40.7 Å². The Kier molecular flexibility index (Phi) is 13.6. The summed E-state index contributed by atoms with van der Waals surface area (Å²) in [5.41, 5.74) is 5.35. The zero-order valence-electron chi connectivity index (χ0n) is 28.2. The zero-order valence-corrected chi connectivity index (χ0v) is 30.6. The molecule has 260 valence electrons. The monoisotopic (exact) mass is 760 g/mol. The fourth-order valence-electron chi connectivity index (χ4n) is 4.51. The Morgan fingerprint density at radius 1 is 0.860 bits per heavy atom. The van der Waals surface area contributed by atoms with E-state index in [1.165, 1.54) is 26.4 Å². The van der Waals surface area contributed by atoms with Gasteiger partial charge in [0.1, 0.15) is 25.2 Å². The van der Waals surface area contributed by atoms with Gasteiger partial charge in [-0.25, -0.2) is 22.9 Å². The van der Waals surface area contributed by atoms with Crippen LogP contribution in [0.3, 0.4) is 0 Å². The van der Waals surface area contributed by atoms with E-state index >= 15 is 0 Å². The van der Waals surface area contributed by atoms with Crippen molar-refractivity contribution in [1.29, 1.82) is 0 Å². The third-order valence-corrected chi connectivity index (χ3v) is 9.27. The van der Waals surface area contributed by atoms with Gasteiger partial charge in [0.25, 0.3) is 0 Å². The highest BCUT2D eigenvalue weighted by Crippen LogP contribution is 2.23. The first kappa shape index (κ1) is 37.7. The van der Waals surface area contributed by atoms with E-state index in [1.54, 1.807) is 36.7 Å². The molecule has 11 nitrogen and oxygen atoms in total. The molecular weight excluding hydrogens is 724 g/mol. The number of methoxy groups -OCH3 is 1. The summed E-state index contributed by atoms with van der Waals surface area (Å²) >= 11 is 3.31. The van der Waals surface area contributed by atoms with Crippen LogP contribution < -0.4 is 14.2 Å². The van der Waals surface area contributed by atoms with Crippen LogP contribution in [0.25, 0.3) is 0 Å². The molecule has 1 N–H and O–H groups in total. The van der Waals surface area contributed by atoms with Gasteiger partial charge in [0.15, 0.2) is 5.71 Å². The maximum Gasteiger partial charge on any atom is 0.360 e. The number of oxime groups is 1. The van der Waals surface area contributed by atoms with Crippen molar-refractivity contribution in [3.8, 4) is 17.4 Å². The molecule has 0 radical (unpaired) electrons. The van der Waals surface area contributed by atoms with Crippen molar-refractivity contribution in [3.63, 3.8) is 0 Å². The summed E-state index contributed by atoms with van der Waals surface area (Å²) in [7, 11) is -0.941. The zero-order chi connectivity index (χ0) is 36.1. The number of ether oxygens (including phenoxy) is 3. The molecule has 5 aromatic rings. The van der Waals surface area contributed by atoms with Crippen LogP contribution in [0.1, 0.15) is 33.5 Å². The van der Waals surface area contributed by atoms with Crippen molar-refractivity contribution < 1.29 is 32.3 Å². The minimum Gasteiger partial charge on any atom is -0.489 e. The molecule has 50 heavy (non-hydrogen) atoms. The summed E-state index contributed by atoms with van der Waals surface area (Å²) in [6.07, 6.45) is 3.30. The number of para-hydroxylation sites is 1. The van der Waals surface area contributed by atoms with Crippen LogP contribution in [-0.4, -0.2) is 44.3 Å². The fraction of sp³-hybridized carbons (Fsp3) is 0.189. The third-order valence-electron chi connectivity index (χ3n) is 7.39. The fourth-order valence-corrected chi connectivity index (χ4v) is 5.75. The molecule has 0 spiro atoms. The molecule has 0 fully saturated rings. The Morgan fingerprint density at radius 3 is 2.26 bits per heavy atom. The van der Waals surface area contributed by atoms with E-state index in [9.17, 15) is 13.2 Å². The molecule has 0 atom stereocenters. The molecule has 0 amide bonds. The minimum atomic E-state index is -3.63. The second-order valence-corrected chi connectivity index (χ2v) is 13.4. The van der Waals surface area contributed by atoms with E-state index in [2.05, 4.69) is 35.8 Å². The Bertz CT molecular complexity index is 2040. The normalized spacial score (nSPS) is 11.2. The minimum absolute atomic E-state index is 0.110. The largest absolute Gasteiger partial charge is 0.489 e. The number of rotatable bonds is 12. The molecule has 0 saturated heterocycles. The Balaban J connectivity index is 0.000000228. The van der Waals surface area contributed by atoms with E-state index in [1.807, 2.05) is 75.4 Å². The molecule has 13 heteroatoms. The predicted octanol–water partition coefficient (Wildman–Crippen LogP) is 7.22. The number of hydrogen-bond donors (Lipinski definition) is 1. The van der Waals surface area contributed by atoms with Gasteiger partial charge in [-0.1, -0.05) is 47.6 Å². The Morgan fingerprint density at radius 2 is 1.58 bits per heavy atom. The smallest absolute Gasteiger partial charge is 0.360 e. The number of pyridine rings is 2. The van der Waals surface area contributed by atoms with E-state index in [-0.39, 0.29) is 17.2 Å². The first-order valence-electron chi connectivity index (χ1n) is 15.3. The van der Waals surface area contributed by atoms with E-state index in [4.69, 9.17) is 19.0 Å². The number of sulfonamides is 1. The van der Waals surface area contributed by atoms with Crippen molar-refractivity contribution in [3.05, 3.63) is 141 Å². The van der Waals surface area contributed by atoms with Gasteiger partial charge in [-0.2, -0.15) is 0 Å². The summed E-state index contributed by atoms with van der Waals surface area (Å²) in [5, 5.41) is 3.78.